The van der Waals surface area contributed by atoms with Gasteiger partial charge in [-0.1, -0.05) is 11.6 Å². The van der Waals surface area contributed by atoms with Crippen LogP contribution in [0.15, 0.2) is 0 Å². The maximum Gasteiger partial charge on any atom is 0.410 e. The lowest BCUT2D eigenvalue weighted by Crippen LogP contribution is -2.47. The van der Waals surface area contributed by atoms with Gasteiger partial charge in [0.2, 0.25) is 0 Å². The molecule has 2 aliphatic rings. The van der Waals surface area contributed by atoms with Crippen LogP contribution in [0.25, 0.3) is 0 Å². The molecule has 0 N–H and O–H groups in total. The maximum absolute atomic E-state index is 12.6. The molecule has 1 saturated heterocycles. The smallest absolute Gasteiger partial charge is 0.410 e. The van der Waals surface area contributed by atoms with Gasteiger partial charge in [0.25, 0.3) is 0 Å². The van der Waals surface area contributed by atoms with Crippen molar-refractivity contribution in [1.82, 2.24) is 9.88 Å². The highest BCUT2D eigenvalue weighted by Crippen LogP contribution is 2.46. The number of thiazole rings is 1. The molecular formula is C15H13ClN2O3S. The summed E-state index contributed by atoms with van der Waals surface area (Å²) in [5.74, 6) is 0.0180. The molecule has 1 fully saturated rings. The zero-order valence-electron chi connectivity index (χ0n) is 11.7. The van der Waals surface area contributed by atoms with Crippen LogP contribution in [-0.4, -0.2) is 40.5 Å². The molecule has 6 radical (unpaired) electrons. The zero-order valence-corrected chi connectivity index (χ0v) is 13.2. The lowest BCUT2D eigenvalue weighted by atomic mass is 9.76. The molecule has 1 spiro atoms. The van der Waals surface area contributed by atoms with E-state index in [1.165, 1.54) is 16.2 Å². The van der Waals surface area contributed by atoms with E-state index in [0.717, 1.165) is 4.88 Å². The molecule has 1 aromatic rings. The molecule has 1 amide bonds. The van der Waals surface area contributed by atoms with E-state index in [0.29, 0.717) is 42.5 Å². The second-order valence-electron chi connectivity index (χ2n) is 5.73. The van der Waals surface area contributed by atoms with Crippen LogP contribution in [-0.2, 0) is 11.2 Å². The molecule has 0 atom stereocenters. The zero-order chi connectivity index (χ0) is 16.1. The van der Waals surface area contributed by atoms with Gasteiger partial charge in [-0.2, -0.15) is 0 Å². The molecule has 2 heterocycles. The number of carbonyl (C=O) groups excluding carboxylic acids is 2. The van der Waals surface area contributed by atoms with Crippen LogP contribution >= 0.6 is 22.9 Å². The van der Waals surface area contributed by atoms with E-state index >= 15 is 0 Å². The molecule has 114 valence electrons. The molecule has 5 nitrogen and oxygen atoms in total. The summed E-state index contributed by atoms with van der Waals surface area (Å²) in [5.41, 5.74) is -2.00. The molecular weight excluding hydrogens is 324 g/mol. The predicted molar refractivity (Wildman–Crippen MR) is 80.5 cm³/mol. The maximum atomic E-state index is 12.6. The number of ketones is 1. The van der Waals surface area contributed by atoms with E-state index in [-0.39, 0.29) is 5.78 Å². The summed E-state index contributed by atoms with van der Waals surface area (Å²) in [4.78, 5) is 30.9. The number of rotatable bonds is 1. The van der Waals surface area contributed by atoms with Gasteiger partial charge in [0, 0.05) is 44.2 Å². The quantitative estimate of drug-likeness (QED) is 0.791. The number of halogens is 1. The standard InChI is InChI=1S/C15H13ClN2O3S/c1-14(2,3)21-13(20)18-6-4-15(5-7-18)8-9-10(11(15)19)17-12(16)22-9/h1-3H,4-8H2. The Kier molecular flexibility index (Phi) is 3.72. The highest BCUT2D eigenvalue weighted by molar-refractivity contribution is 7.16. The van der Waals surface area contributed by atoms with Gasteiger partial charge < -0.3 is 9.64 Å². The monoisotopic (exact) mass is 336 g/mol. The molecule has 7 heteroatoms. The molecule has 22 heavy (non-hydrogen) atoms. The first kappa shape index (κ1) is 15.7. The molecule has 1 aliphatic heterocycles. The normalized spacial score (nSPS) is 20.4. The number of Topliss-reactive ketones (excluding diaryl/α,β-unsaturated/α-hetero) is 1. The fourth-order valence-electron chi connectivity index (χ4n) is 3.00. The Hall–Kier alpha value is -1.14. The summed E-state index contributed by atoms with van der Waals surface area (Å²) in [6.07, 6.45) is 1.02. The van der Waals surface area contributed by atoms with Gasteiger partial charge in [-0.25, -0.2) is 9.78 Å². The minimum Gasteiger partial charge on any atom is -0.442 e. The lowest BCUT2D eigenvalue weighted by Gasteiger charge is -2.38. The molecule has 1 aliphatic carbocycles. The van der Waals surface area contributed by atoms with Crippen LogP contribution in [0.1, 0.15) is 28.2 Å². The first-order chi connectivity index (χ1) is 10.2. The topological polar surface area (TPSA) is 59.5 Å². The largest absolute Gasteiger partial charge is 0.442 e. The van der Waals surface area contributed by atoms with Crippen molar-refractivity contribution in [3.05, 3.63) is 35.8 Å². The minimum absolute atomic E-state index is 0.0180. The minimum atomic E-state index is -2.00. The van der Waals surface area contributed by atoms with Crippen LogP contribution < -0.4 is 0 Å². The van der Waals surface area contributed by atoms with Gasteiger partial charge in [0.05, 0.1) is 0 Å². The average Bonchev–Trinajstić information content (AvgIpc) is 2.86. The Morgan fingerprint density at radius 1 is 1.36 bits per heavy atom. The van der Waals surface area contributed by atoms with Crippen LogP contribution in [0.3, 0.4) is 0 Å². The molecule has 0 unspecified atom stereocenters. The fourth-order valence-corrected chi connectivity index (χ4v) is 4.28. The van der Waals surface area contributed by atoms with Crippen molar-refractivity contribution >= 4 is 34.8 Å². The summed E-state index contributed by atoms with van der Waals surface area (Å²) >= 11 is 7.19. The summed E-state index contributed by atoms with van der Waals surface area (Å²) in [5, 5.41) is 0. The van der Waals surface area contributed by atoms with E-state index in [2.05, 4.69) is 4.98 Å². The van der Waals surface area contributed by atoms with Crippen molar-refractivity contribution < 1.29 is 14.3 Å². The number of hydrogen-bond donors (Lipinski definition) is 0. The predicted octanol–water partition coefficient (Wildman–Crippen LogP) is 2.63. The highest BCUT2D eigenvalue weighted by atomic mass is 35.5. The van der Waals surface area contributed by atoms with E-state index in [9.17, 15) is 9.59 Å². The Bertz CT molecular complexity index is 627. The summed E-state index contributed by atoms with van der Waals surface area (Å²) in [6, 6.07) is 0. The first-order valence-corrected chi connectivity index (χ1v) is 7.94. The van der Waals surface area contributed by atoms with Crippen LogP contribution in [0.4, 0.5) is 4.79 Å². The van der Waals surface area contributed by atoms with Crippen LogP contribution in [0, 0.1) is 26.2 Å². The van der Waals surface area contributed by atoms with Crippen molar-refractivity contribution in [2.45, 2.75) is 24.9 Å². The summed E-state index contributed by atoms with van der Waals surface area (Å²) in [6.45, 7) is 16.5. The number of nitrogens with zero attached hydrogens (tertiary/aromatic N) is 2. The summed E-state index contributed by atoms with van der Waals surface area (Å²) < 4.78 is 5.11. The van der Waals surface area contributed by atoms with Crippen molar-refractivity contribution in [3.8, 4) is 0 Å². The van der Waals surface area contributed by atoms with Crippen molar-refractivity contribution in [2.24, 2.45) is 5.41 Å². The molecule has 1 aromatic heterocycles. The van der Waals surface area contributed by atoms with Gasteiger partial charge in [-0.15, -0.1) is 11.3 Å². The third kappa shape index (κ3) is 2.74. The number of hydrogen-bond acceptors (Lipinski definition) is 5. The van der Waals surface area contributed by atoms with Crippen LogP contribution in [0.2, 0.25) is 4.47 Å². The van der Waals surface area contributed by atoms with E-state index in [4.69, 9.17) is 37.1 Å². The van der Waals surface area contributed by atoms with Crippen molar-refractivity contribution in [1.29, 1.82) is 0 Å². The summed E-state index contributed by atoms with van der Waals surface area (Å²) in [7, 11) is 0. The molecule has 3 rings (SSSR count). The van der Waals surface area contributed by atoms with Crippen LogP contribution in [0.5, 0.6) is 0 Å². The van der Waals surface area contributed by atoms with Gasteiger partial charge in [-0.05, 0) is 19.3 Å². The number of ether oxygens (including phenoxy) is 1. The number of carbonyl (C=O) groups is 2. The third-order valence-corrected chi connectivity index (χ3v) is 5.27. The van der Waals surface area contributed by atoms with Crippen molar-refractivity contribution in [2.75, 3.05) is 13.1 Å². The number of piperidine rings is 1. The van der Waals surface area contributed by atoms with Crippen molar-refractivity contribution in [3.63, 3.8) is 0 Å². The van der Waals surface area contributed by atoms with Gasteiger partial charge in [0.1, 0.15) is 11.3 Å². The lowest BCUT2D eigenvalue weighted by molar-refractivity contribution is 0.0380. The first-order valence-electron chi connectivity index (χ1n) is 6.75. The average molecular weight is 337 g/mol. The Labute approximate surface area is 138 Å². The second kappa shape index (κ2) is 5.20. The SMILES string of the molecule is [CH]C([CH])([CH])OC(=O)N1CCC2(CC1)Cc1sc(Cl)nc1C2=O. The van der Waals surface area contributed by atoms with Gasteiger partial charge >= 0.3 is 6.09 Å². The molecule has 0 aromatic carbocycles. The number of fused-ring (bicyclic) bond motifs is 1. The van der Waals surface area contributed by atoms with E-state index in [1.54, 1.807) is 0 Å². The number of amides is 1. The Balaban J connectivity index is 1.67. The van der Waals surface area contributed by atoms with Gasteiger partial charge in [0.15, 0.2) is 10.3 Å². The Morgan fingerprint density at radius 3 is 2.55 bits per heavy atom. The third-order valence-electron chi connectivity index (χ3n) is 4.11. The molecule has 0 bridgehead atoms. The number of aromatic nitrogens is 1. The van der Waals surface area contributed by atoms with E-state index in [1.807, 2.05) is 0 Å². The van der Waals surface area contributed by atoms with Gasteiger partial charge in [-0.3, -0.25) is 4.79 Å². The Morgan fingerprint density at radius 2 is 2.00 bits per heavy atom. The fraction of sp³-hybridized carbons (Fsp3) is 0.467. The second-order valence-corrected chi connectivity index (χ2v) is 7.40. The molecule has 0 saturated carbocycles. The highest BCUT2D eigenvalue weighted by Gasteiger charge is 2.49. The number of likely N-dealkylation sites (tertiary alicyclic amines) is 1. The van der Waals surface area contributed by atoms with E-state index < -0.39 is 17.1 Å².